The molecule has 12 nitrogen and oxygen atoms in total. The van der Waals surface area contributed by atoms with Gasteiger partial charge in [-0.1, -0.05) is 35.5 Å². The van der Waals surface area contributed by atoms with E-state index in [1.807, 2.05) is 0 Å². The lowest BCUT2D eigenvalue weighted by Crippen LogP contribution is -2.58. The zero-order valence-corrected chi connectivity index (χ0v) is 28.2. The molecule has 8 rings (SSSR count). The Morgan fingerprint density at radius 1 is 1.00 bits per heavy atom. The summed E-state index contributed by atoms with van der Waals surface area (Å²) in [7, 11) is 0. The molecule has 1 unspecified atom stereocenters. The van der Waals surface area contributed by atoms with E-state index in [2.05, 4.69) is 25.4 Å². The minimum atomic E-state index is -4.99. The van der Waals surface area contributed by atoms with E-state index < -0.39 is 72.2 Å². The number of carbonyl (C=O) groups excluding carboxylic acids is 1. The van der Waals surface area contributed by atoms with E-state index in [1.165, 1.54) is 28.3 Å². The predicted molar refractivity (Wildman–Crippen MR) is 172 cm³/mol. The van der Waals surface area contributed by atoms with Crippen LogP contribution in [0, 0.1) is 24.4 Å². The molecule has 2 aliphatic rings. The van der Waals surface area contributed by atoms with Crippen LogP contribution in [0.5, 0.6) is 0 Å². The van der Waals surface area contributed by atoms with Crippen molar-refractivity contribution in [3.63, 3.8) is 0 Å². The zero-order chi connectivity index (χ0) is 37.2. The molecule has 6 aromatic rings. The maximum Gasteiger partial charge on any atom is 0.453 e. The molecule has 0 saturated carbocycles. The van der Waals surface area contributed by atoms with Gasteiger partial charge in [-0.15, -0.1) is 21.5 Å². The van der Waals surface area contributed by atoms with Gasteiger partial charge in [-0.2, -0.15) is 13.2 Å². The fraction of sp³-hybridized carbons (Fsp3) is 0.294. The number of carbonyl (C=O) groups is 1. The third-order valence-electron chi connectivity index (χ3n) is 8.68. The van der Waals surface area contributed by atoms with Crippen molar-refractivity contribution < 1.29 is 50.1 Å². The average Bonchev–Trinajstić information content (AvgIpc) is 3.88. The van der Waals surface area contributed by atoms with Crippen molar-refractivity contribution in [2.24, 2.45) is 0 Å². The molecule has 0 spiro atoms. The third-order valence-corrected chi connectivity index (χ3v) is 9.62. The summed E-state index contributed by atoms with van der Waals surface area (Å²) in [6.45, 7) is 2.74. The third kappa shape index (κ3) is 6.53. The van der Waals surface area contributed by atoms with Crippen molar-refractivity contribution in [2.75, 3.05) is 6.61 Å². The van der Waals surface area contributed by atoms with Gasteiger partial charge in [0.2, 0.25) is 0 Å². The second-order valence-corrected chi connectivity index (χ2v) is 13.5. The van der Waals surface area contributed by atoms with Crippen LogP contribution in [0.1, 0.15) is 47.6 Å². The summed E-state index contributed by atoms with van der Waals surface area (Å²) in [6, 6.07) is 13.8. The van der Waals surface area contributed by atoms with Crippen LogP contribution in [0.2, 0.25) is 0 Å². The number of rotatable bonds is 6. The molecule has 0 N–H and O–H groups in total. The van der Waals surface area contributed by atoms with Gasteiger partial charge in [0.15, 0.2) is 41.8 Å². The lowest BCUT2D eigenvalue weighted by atomic mass is 9.90. The summed E-state index contributed by atoms with van der Waals surface area (Å²) >= 11 is 1.32. The highest BCUT2D eigenvalue weighted by molar-refractivity contribution is 7.18. The molecule has 0 radical (unpaired) electrons. The van der Waals surface area contributed by atoms with Crippen LogP contribution < -0.4 is 0 Å². The Kier molecular flexibility index (Phi) is 8.75. The first-order valence-corrected chi connectivity index (χ1v) is 16.8. The van der Waals surface area contributed by atoms with Crippen molar-refractivity contribution in [3.05, 3.63) is 107 Å². The molecule has 53 heavy (non-hydrogen) atoms. The van der Waals surface area contributed by atoms with Gasteiger partial charge in [0.25, 0.3) is 5.82 Å². The highest BCUT2D eigenvalue weighted by Gasteiger charge is 2.55. The lowest BCUT2D eigenvalue weighted by Gasteiger charge is -2.48. The molecule has 0 aliphatic carbocycles. The van der Waals surface area contributed by atoms with Crippen LogP contribution in [0.4, 0.5) is 26.3 Å². The van der Waals surface area contributed by atoms with Crippen molar-refractivity contribution in [3.8, 4) is 16.9 Å². The minimum Gasteiger partial charge on any atom is -0.457 e. The van der Waals surface area contributed by atoms with Gasteiger partial charge in [-0.05, 0) is 37.3 Å². The van der Waals surface area contributed by atoms with Crippen LogP contribution in [-0.2, 0) is 29.9 Å². The Morgan fingerprint density at radius 3 is 2.47 bits per heavy atom. The topological polar surface area (TPSA) is 128 Å². The largest absolute Gasteiger partial charge is 0.457 e. The normalized spacial score (nSPS) is 23.2. The summed E-state index contributed by atoms with van der Waals surface area (Å²) in [4.78, 5) is 21.1. The van der Waals surface area contributed by atoms with Gasteiger partial charge < -0.3 is 18.9 Å². The molecule has 5 heterocycles. The quantitative estimate of drug-likeness (QED) is 0.104. The van der Waals surface area contributed by atoms with Gasteiger partial charge in [-0.3, -0.25) is 4.79 Å². The van der Waals surface area contributed by atoms with E-state index in [1.54, 1.807) is 49.4 Å². The molecular formula is C34H25F6N7O5S. The number of alkyl halides is 3. The highest BCUT2D eigenvalue weighted by Crippen LogP contribution is 2.46. The first kappa shape index (κ1) is 34.8. The molecule has 0 amide bonds. The Hall–Kier alpha value is -5.24. The van der Waals surface area contributed by atoms with Crippen molar-refractivity contribution in [1.82, 2.24) is 34.7 Å². The Bertz CT molecular complexity index is 2310. The number of halogens is 6. The summed E-state index contributed by atoms with van der Waals surface area (Å²) < 4.78 is 113. The molecule has 0 bridgehead atoms. The number of aryl methyl sites for hydroxylation is 1. The minimum absolute atomic E-state index is 0.105. The molecule has 2 aliphatic heterocycles. The number of fused-ring (bicyclic) bond motifs is 2. The van der Waals surface area contributed by atoms with Crippen molar-refractivity contribution >= 4 is 27.5 Å². The van der Waals surface area contributed by atoms with Crippen molar-refractivity contribution in [2.45, 2.75) is 56.8 Å². The molecule has 2 fully saturated rings. The van der Waals surface area contributed by atoms with Crippen LogP contribution in [0.15, 0.2) is 66.9 Å². The van der Waals surface area contributed by atoms with Crippen LogP contribution in [-0.4, -0.2) is 65.6 Å². The van der Waals surface area contributed by atoms with E-state index in [-0.39, 0.29) is 29.4 Å². The number of ether oxygens (including phenoxy) is 4. The van der Waals surface area contributed by atoms with Gasteiger partial charge in [0.05, 0.1) is 33.7 Å². The van der Waals surface area contributed by atoms with Crippen LogP contribution in [0.25, 0.3) is 27.2 Å². The van der Waals surface area contributed by atoms with Crippen LogP contribution in [0.3, 0.4) is 0 Å². The second-order valence-electron chi connectivity index (χ2n) is 12.3. The first-order valence-electron chi connectivity index (χ1n) is 16.0. The molecule has 6 atom stereocenters. The molecule has 19 heteroatoms. The van der Waals surface area contributed by atoms with Gasteiger partial charge in [-0.25, -0.2) is 32.5 Å². The SMILES string of the molecule is CC(=O)O[C@@H]1[C@@H](n2cc(-c3cc(F)c(F)c(F)c3)nn2)[C@H]2OC(c3ccccc3)OC[C@H]2O[C@H]1c1nc(C(F)(F)F)nn1-c1ccc2nc(C)sc2c1. The van der Waals surface area contributed by atoms with Gasteiger partial charge in [0.1, 0.15) is 23.9 Å². The molecule has 2 saturated heterocycles. The average molecular weight is 758 g/mol. The molecule has 3 aromatic carbocycles. The van der Waals surface area contributed by atoms with E-state index in [0.717, 1.165) is 28.7 Å². The Labute approximate surface area is 298 Å². The van der Waals surface area contributed by atoms with E-state index in [4.69, 9.17) is 18.9 Å². The monoisotopic (exact) mass is 757 g/mol. The number of thiazole rings is 1. The summed E-state index contributed by atoms with van der Waals surface area (Å²) in [5, 5.41) is 12.8. The highest BCUT2D eigenvalue weighted by atomic mass is 32.1. The zero-order valence-electron chi connectivity index (χ0n) is 27.4. The van der Waals surface area contributed by atoms with Gasteiger partial charge in [0, 0.05) is 18.1 Å². The fourth-order valence-electron chi connectivity index (χ4n) is 6.45. The number of esters is 1. The summed E-state index contributed by atoms with van der Waals surface area (Å²) in [5.74, 6) is -7.32. The Balaban J connectivity index is 1.28. The van der Waals surface area contributed by atoms with E-state index >= 15 is 0 Å². The number of hydrogen-bond acceptors (Lipinski definition) is 11. The predicted octanol–water partition coefficient (Wildman–Crippen LogP) is 6.61. The van der Waals surface area contributed by atoms with Gasteiger partial charge >= 0.3 is 12.1 Å². The van der Waals surface area contributed by atoms with Crippen LogP contribution >= 0.6 is 11.3 Å². The summed E-state index contributed by atoms with van der Waals surface area (Å²) in [6.07, 6.45) is -9.86. The molecular weight excluding hydrogens is 732 g/mol. The van der Waals surface area contributed by atoms with E-state index in [0.29, 0.717) is 15.8 Å². The molecule has 3 aromatic heterocycles. The lowest BCUT2D eigenvalue weighted by molar-refractivity contribution is -0.320. The number of aromatic nitrogens is 7. The smallest absolute Gasteiger partial charge is 0.453 e. The molecule has 274 valence electrons. The maximum atomic E-state index is 14.3. The fourth-order valence-corrected chi connectivity index (χ4v) is 7.31. The first-order chi connectivity index (χ1) is 25.3. The van der Waals surface area contributed by atoms with E-state index in [9.17, 15) is 31.1 Å². The van der Waals surface area contributed by atoms with Crippen molar-refractivity contribution in [1.29, 1.82) is 0 Å². The number of hydrogen-bond donors (Lipinski definition) is 0. The second kappa shape index (κ2) is 13.3. The number of nitrogens with zero attached hydrogens (tertiary/aromatic N) is 7. The summed E-state index contributed by atoms with van der Waals surface area (Å²) in [5.41, 5.74) is 1.15. The maximum absolute atomic E-state index is 14.3. The number of benzene rings is 3. The Morgan fingerprint density at radius 2 is 1.75 bits per heavy atom. The standard InChI is InChI=1S/C34H25F6N7O5S/c1-15-41-22-9-8-19(12-25(22)53-15)47-31(42-33(44-47)34(38,39)40)30-29(50-16(2)48)27(28-24(51-30)14-49-32(52-28)17-6-4-3-5-7-17)46-13-23(43-45-46)18-10-20(35)26(37)21(36)11-18/h3-13,24,27-30,32H,14H2,1-2H3/t24-,27+,28+,29-,30-,32?/m1/s1.